The van der Waals surface area contributed by atoms with E-state index in [1.165, 1.54) is 20.3 Å². The van der Waals surface area contributed by atoms with Gasteiger partial charge in [0.2, 0.25) is 23.5 Å². The molecule has 8 nitrogen and oxygen atoms in total. The van der Waals surface area contributed by atoms with Gasteiger partial charge in [0.1, 0.15) is 0 Å². The maximum atomic E-state index is 12.4. The van der Waals surface area contributed by atoms with E-state index in [-0.39, 0.29) is 17.6 Å². The molecule has 1 amide bonds. The normalized spacial score (nSPS) is 11.1. The van der Waals surface area contributed by atoms with Crippen LogP contribution in [0, 0.1) is 0 Å². The predicted molar refractivity (Wildman–Crippen MR) is 64.6 cm³/mol. The first-order chi connectivity index (χ1) is 10.3. The number of methoxy groups -OCH3 is 2. The van der Waals surface area contributed by atoms with Gasteiger partial charge in [-0.15, -0.1) is 0 Å². The first-order valence-corrected chi connectivity index (χ1v) is 5.66. The van der Waals surface area contributed by atoms with Crippen molar-refractivity contribution in [2.45, 2.75) is 6.18 Å². The molecule has 2 heterocycles. The van der Waals surface area contributed by atoms with Gasteiger partial charge in [0.05, 0.1) is 20.3 Å². The highest BCUT2D eigenvalue weighted by atomic mass is 19.4. The van der Waals surface area contributed by atoms with Crippen molar-refractivity contribution >= 4 is 11.8 Å². The molecule has 2 aromatic heterocycles. The number of nitrogens with one attached hydrogen (secondary N) is 1. The molecule has 1 N–H and O–H groups in total. The van der Waals surface area contributed by atoms with Crippen LogP contribution in [-0.2, 0) is 6.18 Å². The van der Waals surface area contributed by atoms with Crippen molar-refractivity contribution in [1.29, 1.82) is 0 Å². The van der Waals surface area contributed by atoms with Crippen molar-refractivity contribution in [2.24, 2.45) is 0 Å². The number of alkyl halides is 3. The van der Waals surface area contributed by atoms with Crippen LogP contribution in [0.4, 0.5) is 19.1 Å². The third-order valence-electron chi connectivity index (χ3n) is 2.34. The zero-order valence-electron chi connectivity index (χ0n) is 11.3. The average molecular weight is 318 g/mol. The van der Waals surface area contributed by atoms with Crippen LogP contribution in [0.5, 0.6) is 11.8 Å². The van der Waals surface area contributed by atoms with Gasteiger partial charge in [0.15, 0.2) is 5.69 Å². The standard InChI is InChI=1S/C11H9F3N4O4/c1-20-6-4-7(21-2)16-9(15-6)10(19)17-8-3-5(18-22-8)11(12,13)14/h3-4H,1-2H3,(H,17,19). The minimum absolute atomic E-state index is 0.0468. The second-order valence-corrected chi connectivity index (χ2v) is 3.80. The van der Waals surface area contributed by atoms with Crippen LogP contribution in [0.1, 0.15) is 16.3 Å². The molecular formula is C11H9F3N4O4. The molecule has 22 heavy (non-hydrogen) atoms. The third-order valence-corrected chi connectivity index (χ3v) is 2.34. The highest BCUT2D eigenvalue weighted by Crippen LogP contribution is 2.29. The first kappa shape index (κ1) is 15.5. The molecule has 0 aliphatic heterocycles. The van der Waals surface area contributed by atoms with Crippen molar-refractivity contribution < 1.29 is 32.0 Å². The summed E-state index contributed by atoms with van der Waals surface area (Å²) in [7, 11) is 2.63. The van der Waals surface area contributed by atoms with Crippen LogP contribution in [0.3, 0.4) is 0 Å². The molecule has 0 bridgehead atoms. The van der Waals surface area contributed by atoms with E-state index in [2.05, 4.69) is 19.6 Å². The maximum absolute atomic E-state index is 12.4. The van der Waals surface area contributed by atoms with Crippen LogP contribution in [-0.4, -0.2) is 35.3 Å². The summed E-state index contributed by atoms with van der Waals surface area (Å²) in [6, 6.07) is 1.86. The molecule has 2 aromatic rings. The van der Waals surface area contributed by atoms with Crippen molar-refractivity contribution in [1.82, 2.24) is 15.1 Å². The van der Waals surface area contributed by atoms with Crippen LogP contribution in [0.25, 0.3) is 0 Å². The Morgan fingerprint density at radius 1 is 1.18 bits per heavy atom. The Kier molecular flexibility index (Phi) is 4.15. The number of aromatic nitrogens is 3. The molecule has 0 unspecified atom stereocenters. The smallest absolute Gasteiger partial charge is 0.436 e. The van der Waals surface area contributed by atoms with Crippen LogP contribution >= 0.6 is 0 Å². The molecule has 0 fully saturated rings. The fourth-order valence-corrected chi connectivity index (χ4v) is 1.35. The number of amides is 1. The Bertz CT molecular complexity index is 664. The predicted octanol–water partition coefficient (Wildman–Crippen LogP) is 1.75. The molecule has 0 saturated heterocycles. The summed E-state index contributed by atoms with van der Waals surface area (Å²) in [5.41, 5.74) is -1.27. The Morgan fingerprint density at radius 2 is 1.77 bits per heavy atom. The highest BCUT2D eigenvalue weighted by Gasteiger charge is 2.35. The largest absolute Gasteiger partial charge is 0.481 e. The van der Waals surface area contributed by atoms with E-state index >= 15 is 0 Å². The van der Waals surface area contributed by atoms with E-state index in [0.717, 1.165) is 0 Å². The molecule has 0 aliphatic rings. The first-order valence-electron chi connectivity index (χ1n) is 5.66. The monoisotopic (exact) mass is 318 g/mol. The summed E-state index contributed by atoms with van der Waals surface area (Å²) in [4.78, 5) is 19.4. The van der Waals surface area contributed by atoms with Gasteiger partial charge >= 0.3 is 6.18 Å². The van der Waals surface area contributed by atoms with Crippen molar-refractivity contribution in [3.05, 3.63) is 23.7 Å². The second kappa shape index (κ2) is 5.87. The summed E-state index contributed by atoms with van der Waals surface area (Å²) in [6.45, 7) is 0. The summed E-state index contributed by atoms with van der Waals surface area (Å²) < 4.78 is 51.2. The number of hydrogen-bond donors (Lipinski definition) is 1. The molecule has 118 valence electrons. The molecule has 0 saturated carbocycles. The lowest BCUT2D eigenvalue weighted by atomic mass is 10.4. The Balaban J connectivity index is 2.20. The lowest BCUT2D eigenvalue weighted by Gasteiger charge is -2.05. The highest BCUT2D eigenvalue weighted by molar-refractivity contribution is 6.00. The quantitative estimate of drug-likeness (QED) is 0.916. The lowest BCUT2D eigenvalue weighted by Crippen LogP contribution is -2.16. The summed E-state index contributed by atoms with van der Waals surface area (Å²) in [5.74, 6) is -1.69. The minimum Gasteiger partial charge on any atom is -0.481 e. The fraction of sp³-hybridized carbons (Fsp3) is 0.273. The van der Waals surface area contributed by atoms with Gasteiger partial charge in [-0.1, -0.05) is 5.16 Å². The lowest BCUT2D eigenvalue weighted by molar-refractivity contribution is -0.142. The van der Waals surface area contributed by atoms with Gasteiger partial charge < -0.3 is 14.0 Å². The van der Waals surface area contributed by atoms with Crippen molar-refractivity contribution in [3.8, 4) is 11.8 Å². The maximum Gasteiger partial charge on any atom is 0.436 e. The van der Waals surface area contributed by atoms with E-state index in [9.17, 15) is 18.0 Å². The molecule has 0 aromatic carbocycles. The van der Waals surface area contributed by atoms with E-state index in [1.807, 2.05) is 5.32 Å². The van der Waals surface area contributed by atoms with Gasteiger partial charge in [-0.25, -0.2) is 0 Å². The van der Waals surface area contributed by atoms with E-state index < -0.39 is 23.7 Å². The zero-order valence-corrected chi connectivity index (χ0v) is 11.3. The number of carbonyl (C=O) groups is 1. The van der Waals surface area contributed by atoms with Gasteiger partial charge in [-0.05, 0) is 0 Å². The van der Waals surface area contributed by atoms with Gasteiger partial charge in [-0.2, -0.15) is 23.1 Å². The summed E-state index contributed by atoms with van der Waals surface area (Å²) in [6.07, 6.45) is -4.68. The molecule has 2 rings (SSSR count). The molecular weight excluding hydrogens is 309 g/mol. The van der Waals surface area contributed by atoms with E-state index in [0.29, 0.717) is 6.07 Å². The molecule has 0 radical (unpaired) electrons. The number of carbonyl (C=O) groups excluding carboxylic acids is 1. The number of rotatable bonds is 4. The molecule has 11 heteroatoms. The number of nitrogens with zero attached hydrogens (tertiary/aromatic N) is 3. The SMILES string of the molecule is COc1cc(OC)nc(C(=O)Nc2cc(C(F)(F)F)no2)n1. The van der Waals surface area contributed by atoms with Crippen molar-refractivity contribution in [2.75, 3.05) is 19.5 Å². The van der Waals surface area contributed by atoms with Gasteiger partial charge in [-0.3, -0.25) is 10.1 Å². The number of hydrogen-bond acceptors (Lipinski definition) is 7. The topological polar surface area (TPSA) is 99.4 Å². The van der Waals surface area contributed by atoms with Crippen LogP contribution in [0.15, 0.2) is 16.7 Å². The van der Waals surface area contributed by atoms with E-state index in [1.54, 1.807) is 0 Å². The Morgan fingerprint density at radius 3 is 2.23 bits per heavy atom. The number of halogens is 3. The van der Waals surface area contributed by atoms with E-state index in [4.69, 9.17) is 9.47 Å². The van der Waals surface area contributed by atoms with Crippen LogP contribution in [0.2, 0.25) is 0 Å². The van der Waals surface area contributed by atoms with Crippen LogP contribution < -0.4 is 14.8 Å². The van der Waals surface area contributed by atoms with Crippen molar-refractivity contribution in [3.63, 3.8) is 0 Å². The Labute approximate surface area is 121 Å². The number of ether oxygens (including phenoxy) is 2. The third kappa shape index (κ3) is 3.42. The average Bonchev–Trinajstić information content (AvgIpc) is 2.95. The number of anilines is 1. The molecule has 0 atom stereocenters. The molecule has 0 spiro atoms. The van der Waals surface area contributed by atoms with Gasteiger partial charge in [0.25, 0.3) is 5.91 Å². The Hall–Kier alpha value is -2.85. The second-order valence-electron chi connectivity index (χ2n) is 3.80. The minimum atomic E-state index is -4.68. The summed E-state index contributed by atoms with van der Waals surface area (Å²) in [5, 5.41) is 4.85. The van der Waals surface area contributed by atoms with Gasteiger partial charge in [0, 0.05) is 6.07 Å². The molecule has 0 aliphatic carbocycles. The zero-order chi connectivity index (χ0) is 16.3. The fourth-order valence-electron chi connectivity index (χ4n) is 1.35. The summed E-state index contributed by atoms with van der Waals surface area (Å²) >= 11 is 0.